The fourth-order valence-corrected chi connectivity index (χ4v) is 0.776. The fourth-order valence-electron chi connectivity index (χ4n) is 0.776. The van der Waals surface area contributed by atoms with Crippen LogP contribution in [0.1, 0.15) is 20.3 Å². The number of hydrogen-bond donors (Lipinski definition) is 2. The molecule has 0 aliphatic rings. The Morgan fingerprint density at radius 1 is 1.50 bits per heavy atom. The molecule has 1 amide bonds. The molecule has 0 rings (SSSR count). The molecule has 2 N–H and O–H groups in total. The summed E-state index contributed by atoms with van der Waals surface area (Å²) in [5.74, 6) is 0. The number of rotatable bonds is 3. The standard InChI is InChI=1S/C7H13NO4/c1-6(2)8(4-3-5-9)7(10)12-11/h9H,3-5H2,1-2H3/p+1. The summed E-state index contributed by atoms with van der Waals surface area (Å²) >= 11 is 0. The molecule has 0 saturated carbocycles. The molecule has 0 saturated heterocycles. The first-order valence-corrected chi connectivity index (χ1v) is 3.67. The molecule has 0 heterocycles. The Hall–Kier alpha value is -0.940. The van der Waals surface area contributed by atoms with Crippen LogP contribution >= 0.6 is 0 Å². The Morgan fingerprint density at radius 2 is 2.08 bits per heavy atom. The van der Waals surface area contributed by atoms with Crippen LogP contribution in [0.4, 0.5) is 4.79 Å². The van der Waals surface area contributed by atoms with Gasteiger partial charge < -0.3 is 5.11 Å². The highest BCUT2D eigenvalue weighted by Gasteiger charge is 2.20. The van der Waals surface area contributed by atoms with Crippen molar-refractivity contribution in [3.8, 4) is 0 Å². The SMILES string of the molecule is CC(C)=[N+](CCCO)C(=O)OO. The molecule has 0 aliphatic heterocycles. The second-order valence-electron chi connectivity index (χ2n) is 2.53. The maximum absolute atomic E-state index is 10.8. The minimum atomic E-state index is -0.816. The highest BCUT2D eigenvalue weighted by molar-refractivity contribution is 5.79. The summed E-state index contributed by atoms with van der Waals surface area (Å²) in [5.41, 5.74) is 0.711. The largest absolute Gasteiger partial charge is 0.628 e. The van der Waals surface area contributed by atoms with Crippen LogP contribution in [0.5, 0.6) is 0 Å². The predicted molar refractivity (Wildman–Crippen MR) is 42.3 cm³/mol. The average molecular weight is 176 g/mol. The van der Waals surface area contributed by atoms with Crippen LogP contribution < -0.4 is 0 Å². The van der Waals surface area contributed by atoms with E-state index in [-0.39, 0.29) is 6.61 Å². The molecule has 0 aliphatic carbocycles. The van der Waals surface area contributed by atoms with Crippen LogP contribution in [-0.2, 0) is 4.89 Å². The van der Waals surface area contributed by atoms with Gasteiger partial charge in [0.25, 0.3) is 0 Å². The summed E-state index contributed by atoms with van der Waals surface area (Å²) in [6.45, 7) is 3.78. The third kappa shape index (κ3) is 3.45. The zero-order chi connectivity index (χ0) is 9.56. The Labute approximate surface area is 70.8 Å². The molecular weight excluding hydrogens is 162 g/mol. The van der Waals surface area contributed by atoms with Crippen LogP contribution in [0.2, 0.25) is 0 Å². The van der Waals surface area contributed by atoms with Gasteiger partial charge in [-0.1, -0.05) is 0 Å². The van der Waals surface area contributed by atoms with Crippen molar-refractivity contribution in [2.24, 2.45) is 0 Å². The van der Waals surface area contributed by atoms with Crippen molar-refractivity contribution in [1.29, 1.82) is 0 Å². The van der Waals surface area contributed by atoms with Crippen LogP contribution in [0.15, 0.2) is 0 Å². The van der Waals surface area contributed by atoms with Gasteiger partial charge in [0.1, 0.15) is 0 Å². The topological polar surface area (TPSA) is 69.8 Å². The number of aliphatic hydroxyl groups is 1. The minimum absolute atomic E-state index is 0.00247. The molecule has 5 nitrogen and oxygen atoms in total. The Morgan fingerprint density at radius 3 is 2.42 bits per heavy atom. The van der Waals surface area contributed by atoms with E-state index in [2.05, 4.69) is 4.89 Å². The molecule has 0 bridgehead atoms. The normalized spacial score (nSPS) is 9.33. The molecule has 0 fully saturated rings. The third-order valence-electron chi connectivity index (χ3n) is 1.38. The first-order valence-electron chi connectivity index (χ1n) is 3.67. The second kappa shape index (κ2) is 5.68. The first kappa shape index (κ1) is 11.1. The minimum Gasteiger partial charge on any atom is -0.396 e. The number of carbonyl (C=O) groups is 1. The van der Waals surface area contributed by atoms with Gasteiger partial charge in [0.05, 0.1) is 0 Å². The van der Waals surface area contributed by atoms with Crippen molar-refractivity contribution in [2.75, 3.05) is 13.2 Å². The van der Waals surface area contributed by atoms with Crippen molar-refractivity contribution >= 4 is 11.8 Å². The maximum atomic E-state index is 10.8. The van der Waals surface area contributed by atoms with Gasteiger partial charge in [-0.15, -0.1) is 4.58 Å². The molecule has 0 atom stereocenters. The van der Waals surface area contributed by atoms with E-state index in [1.165, 1.54) is 4.58 Å². The lowest BCUT2D eigenvalue weighted by Gasteiger charge is -1.98. The van der Waals surface area contributed by atoms with Crippen molar-refractivity contribution in [3.05, 3.63) is 0 Å². The number of hydrogen-bond acceptors (Lipinski definition) is 4. The summed E-state index contributed by atoms with van der Waals surface area (Å²) in [7, 11) is 0. The maximum Gasteiger partial charge on any atom is 0.628 e. The van der Waals surface area contributed by atoms with E-state index in [9.17, 15) is 4.79 Å². The quantitative estimate of drug-likeness (QED) is 0.284. The van der Waals surface area contributed by atoms with Crippen molar-refractivity contribution < 1.29 is 24.6 Å². The van der Waals surface area contributed by atoms with Gasteiger partial charge in [0.15, 0.2) is 12.3 Å². The summed E-state index contributed by atoms with van der Waals surface area (Å²) in [6.07, 6.45) is -0.358. The second-order valence-corrected chi connectivity index (χ2v) is 2.53. The zero-order valence-electron chi connectivity index (χ0n) is 7.28. The number of amides is 1. The van der Waals surface area contributed by atoms with Gasteiger partial charge in [-0.05, 0) is 0 Å². The molecule has 12 heavy (non-hydrogen) atoms. The Kier molecular flexibility index (Phi) is 5.23. The lowest BCUT2D eigenvalue weighted by molar-refractivity contribution is -0.471. The van der Waals surface area contributed by atoms with Crippen LogP contribution in [0.25, 0.3) is 0 Å². The summed E-state index contributed by atoms with van der Waals surface area (Å²) in [5, 5.41) is 16.6. The molecule has 70 valence electrons. The zero-order valence-corrected chi connectivity index (χ0v) is 7.28. The van der Waals surface area contributed by atoms with Crippen molar-refractivity contribution in [1.82, 2.24) is 0 Å². The van der Waals surface area contributed by atoms with Crippen molar-refractivity contribution in [2.45, 2.75) is 20.3 Å². The molecular formula is C7H14NO4+. The van der Waals surface area contributed by atoms with Gasteiger partial charge in [-0.2, -0.15) is 10.1 Å². The molecule has 0 spiro atoms. The van der Waals surface area contributed by atoms with Gasteiger partial charge >= 0.3 is 6.09 Å². The Bertz CT molecular complexity index is 184. The molecule has 0 unspecified atom stereocenters. The van der Waals surface area contributed by atoms with Gasteiger partial charge in [0, 0.05) is 26.9 Å². The first-order chi connectivity index (χ1) is 5.63. The van der Waals surface area contributed by atoms with Gasteiger partial charge in [0.2, 0.25) is 0 Å². The predicted octanol–water partition coefficient (Wildman–Crippen LogP) is 0.472. The monoisotopic (exact) mass is 176 g/mol. The molecule has 0 aromatic carbocycles. The number of aliphatic hydroxyl groups excluding tert-OH is 1. The van der Waals surface area contributed by atoms with Crippen LogP contribution in [0.3, 0.4) is 0 Å². The van der Waals surface area contributed by atoms with E-state index in [0.717, 1.165) is 0 Å². The fraction of sp³-hybridized carbons (Fsp3) is 0.714. The molecule has 5 heteroatoms. The molecule has 0 aromatic rings. The van der Waals surface area contributed by atoms with E-state index >= 15 is 0 Å². The summed E-state index contributed by atoms with van der Waals surface area (Å²) in [6, 6.07) is 0. The summed E-state index contributed by atoms with van der Waals surface area (Å²) in [4.78, 5) is 14.4. The van der Waals surface area contributed by atoms with E-state index in [0.29, 0.717) is 18.7 Å². The highest BCUT2D eigenvalue weighted by Crippen LogP contribution is 1.89. The lowest BCUT2D eigenvalue weighted by atomic mass is 10.4. The van der Waals surface area contributed by atoms with E-state index in [1.807, 2.05) is 0 Å². The Balaban J connectivity index is 4.26. The van der Waals surface area contributed by atoms with Crippen LogP contribution in [0, 0.1) is 0 Å². The van der Waals surface area contributed by atoms with Gasteiger partial charge in [-0.3, -0.25) is 0 Å². The van der Waals surface area contributed by atoms with E-state index < -0.39 is 6.09 Å². The van der Waals surface area contributed by atoms with E-state index in [1.54, 1.807) is 13.8 Å². The lowest BCUT2D eigenvalue weighted by Crippen LogP contribution is -2.26. The third-order valence-corrected chi connectivity index (χ3v) is 1.38. The number of carbonyl (C=O) groups excluding carboxylic acids is 1. The molecule has 0 aromatic heterocycles. The number of nitrogens with zero attached hydrogens (tertiary/aromatic N) is 1. The van der Waals surface area contributed by atoms with Crippen molar-refractivity contribution in [3.63, 3.8) is 0 Å². The van der Waals surface area contributed by atoms with E-state index in [4.69, 9.17) is 10.4 Å². The molecule has 0 radical (unpaired) electrons. The average Bonchev–Trinajstić information content (AvgIpc) is 2.04. The smallest absolute Gasteiger partial charge is 0.396 e. The van der Waals surface area contributed by atoms with Gasteiger partial charge in [-0.25, -0.2) is 4.89 Å². The van der Waals surface area contributed by atoms with Crippen LogP contribution in [-0.4, -0.2) is 39.9 Å². The summed E-state index contributed by atoms with van der Waals surface area (Å²) < 4.78 is 1.25. The highest BCUT2D eigenvalue weighted by atomic mass is 17.1.